The van der Waals surface area contributed by atoms with Crippen LogP contribution in [0, 0.1) is 13.8 Å². The molecule has 27 heavy (non-hydrogen) atoms. The maximum atomic E-state index is 13.6. The predicted molar refractivity (Wildman–Crippen MR) is 112 cm³/mol. The van der Waals surface area contributed by atoms with Crippen LogP contribution in [-0.4, -0.2) is 27.4 Å². The number of fused-ring (bicyclic) bond motifs is 1. The van der Waals surface area contributed by atoms with Crippen LogP contribution in [0.15, 0.2) is 39.7 Å². The van der Waals surface area contributed by atoms with Crippen molar-refractivity contribution in [3.63, 3.8) is 0 Å². The molecule has 1 heterocycles. The first kappa shape index (κ1) is 19.9. The van der Waals surface area contributed by atoms with Crippen LogP contribution in [0.25, 0.3) is 0 Å². The molecule has 3 rings (SSSR count). The van der Waals surface area contributed by atoms with Crippen LogP contribution in [0.1, 0.15) is 30.5 Å². The molecule has 1 aliphatic heterocycles. The standard InChI is InChI=1S/C20H23BrN2O3S/c1-12-6-7-13(2)18(8-12)22(5)27(25,26)19-11-17(21)10-16-9-14(3)23(15(4)24)20(16)19/h6-8,10-11,14H,9H2,1-5H3. The number of anilines is 2. The Bertz CT molecular complexity index is 1030. The predicted octanol–water partition coefficient (Wildman–Crippen LogP) is 4.19. The highest BCUT2D eigenvalue weighted by molar-refractivity contribution is 9.10. The van der Waals surface area contributed by atoms with E-state index in [4.69, 9.17) is 0 Å². The molecule has 144 valence electrons. The van der Waals surface area contributed by atoms with Gasteiger partial charge in [0.2, 0.25) is 5.91 Å². The molecule has 0 N–H and O–H groups in total. The summed E-state index contributed by atoms with van der Waals surface area (Å²) < 4.78 is 29.1. The number of rotatable bonds is 3. The molecule has 0 aromatic heterocycles. The summed E-state index contributed by atoms with van der Waals surface area (Å²) in [5, 5.41) is 0. The summed E-state index contributed by atoms with van der Waals surface area (Å²) in [6, 6.07) is 9.12. The van der Waals surface area contributed by atoms with Crippen molar-refractivity contribution in [3.8, 4) is 0 Å². The molecule has 0 spiro atoms. The Hall–Kier alpha value is -1.86. The summed E-state index contributed by atoms with van der Waals surface area (Å²) in [5.74, 6) is -0.158. The Morgan fingerprint density at radius 3 is 2.52 bits per heavy atom. The molecule has 7 heteroatoms. The van der Waals surface area contributed by atoms with Gasteiger partial charge in [0, 0.05) is 24.5 Å². The van der Waals surface area contributed by atoms with Crippen LogP contribution in [0.4, 0.5) is 11.4 Å². The number of aryl methyl sites for hydroxylation is 2. The van der Waals surface area contributed by atoms with E-state index in [1.165, 1.54) is 11.2 Å². The molecular formula is C20H23BrN2O3S. The molecule has 0 saturated carbocycles. The van der Waals surface area contributed by atoms with Gasteiger partial charge in [-0.2, -0.15) is 0 Å². The number of amides is 1. The van der Waals surface area contributed by atoms with E-state index in [0.717, 1.165) is 16.7 Å². The first-order valence-electron chi connectivity index (χ1n) is 8.72. The first-order chi connectivity index (χ1) is 12.5. The van der Waals surface area contributed by atoms with E-state index in [-0.39, 0.29) is 16.8 Å². The molecule has 1 amide bonds. The average Bonchev–Trinajstić information content (AvgIpc) is 2.91. The highest BCUT2D eigenvalue weighted by atomic mass is 79.9. The quantitative estimate of drug-likeness (QED) is 0.704. The second-order valence-electron chi connectivity index (χ2n) is 7.12. The van der Waals surface area contributed by atoms with Crippen LogP contribution in [0.3, 0.4) is 0 Å². The number of nitrogens with zero attached hydrogens (tertiary/aromatic N) is 2. The molecule has 0 fully saturated rings. The summed E-state index contributed by atoms with van der Waals surface area (Å²) in [5.41, 5.74) is 3.84. The van der Waals surface area contributed by atoms with Crippen LogP contribution in [0.5, 0.6) is 0 Å². The molecule has 0 radical (unpaired) electrons. The van der Waals surface area contributed by atoms with E-state index >= 15 is 0 Å². The molecule has 0 aliphatic carbocycles. The largest absolute Gasteiger partial charge is 0.308 e. The zero-order valence-electron chi connectivity index (χ0n) is 16.1. The third-order valence-electron chi connectivity index (χ3n) is 5.00. The number of carbonyl (C=O) groups is 1. The molecule has 0 saturated heterocycles. The highest BCUT2D eigenvalue weighted by Gasteiger charge is 2.37. The minimum absolute atomic E-state index is 0.0771. The summed E-state index contributed by atoms with van der Waals surface area (Å²) in [4.78, 5) is 14.0. The van der Waals surface area contributed by atoms with Crippen LogP contribution in [0.2, 0.25) is 0 Å². The zero-order valence-corrected chi connectivity index (χ0v) is 18.5. The van der Waals surface area contributed by atoms with E-state index < -0.39 is 10.0 Å². The van der Waals surface area contributed by atoms with E-state index in [1.807, 2.05) is 45.0 Å². The van der Waals surface area contributed by atoms with Gasteiger partial charge >= 0.3 is 0 Å². The van der Waals surface area contributed by atoms with E-state index in [9.17, 15) is 13.2 Å². The smallest absolute Gasteiger partial charge is 0.266 e. The summed E-state index contributed by atoms with van der Waals surface area (Å²) in [7, 11) is -2.30. The Labute approximate surface area is 169 Å². The molecule has 1 aliphatic rings. The van der Waals surface area contributed by atoms with Gasteiger partial charge in [0.15, 0.2) is 0 Å². The molecule has 1 atom stereocenters. The second-order valence-corrected chi connectivity index (χ2v) is 9.97. The Balaban J connectivity index is 2.22. The third kappa shape index (κ3) is 3.38. The fraction of sp³-hybridized carbons (Fsp3) is 0.350. The number of hydrogen-bond acceptors (Lipinski definition) is 3. The normalized spacial score (nSPS) is 16.4. The van der Waals surface area contributed by atoms with Crippen molar-refractivity contribution in [1.82, 2.24) is 0 Å². The average molecular weight is 451 g/mol. The third-order valence-corrected chi connectivity index (χ3v) is 7.24. The monoisotopic (exact) mass is 450 g/mol. The van der Waals surface area contributed by atoms with Gasteiger partial charge in [0.25, 0.3) is 10.0 Å². The van der Waals surface area contributed by atoms with Gasteiger partial charge in [-0.05, 0) is 62.1 Å². The van der Waals surface area contributed by atoms with Crippen molar-refractivity contribution in [1.29, 1.82) is 0 Å². The van der Waals surface area contributed by atoms with Crippen LogP contribution < -0.4 is 9.21 Å². The first-order valence-corrected chi connectivity index (χ1v) is 11.0. The lowest BCUT2D eigenvalue weighted by Gasteiger charge is -2.27. The Morgan fingerprint density at radius 2 is 1.89 bits per heavy atom. The summed E-state index contributed by atoms with van der Waals surface area (Å²) in [6.45, 7) is 7.22. The molecule has 1 unspecified atom stereocenters. The topological polar surface area (TPSA) is 57.7 Å². The van der Waals surface area contributed by atoms with E-state index in [1.54, 1.807) is 18.0 Å². The van der Waals surface area contributed by atoms with Gasteiger partial charge < -0.3 is 4.90 Å². The van der Waals surface area contributed by atoms with Crippen molar-refractivity contribution in [2.24, 2.45) is 0 Å². The molecule has 2 aromatic carbocycles. The lowest BCUT2D eigenvalue weighted by atomic mass is 10.1. The second kappa shape index (κ2) is 6.95. The van der Waals surface area contributed by atoms with Crippen molar-refractivity contribution >= 4 is 43.2 Å². The SMILES string of the molecule is CC(=O)N1c2c(cc(Br)cc2S(=O)(=O)N(C)c2cc(C)ccc2C)CC1C. The lowest BCUT2D eigenvalue weighted by molar-refractivity contribution is -0.116. The number of carbonyl (C=O) groups excluding carboxylic acids is 1. The highest BCUT2D eigenvalue weighted by Crippen LogP contribution is 2.41. The van der Waals surface area contributed by atoms with Crippen molar-refractivity contribution in [2.75, 3.05) is 16.3 Å². The number of benzene rings is 2. The fourth-order valence-electron chi connectivity index (χ4n) is 3.69. The van der Waals surface area contributed by atoms with Gasteiger partial charge in [0.05, 0.1) is 11.4 Å². The van der Waals surface area contributed by atoms with Crippen LogP contribution in [-0.2, 0) is 21.2 Å². The fourth-order valence-corrected chi connectivity index (χ4v) is 5.84. The molecular weight excluding hydrogens is 428 g/mol. The number of hydrogen-bond donors (Lipinski definition) is 0. The van der Waals surface area contributed by atoms with Gasteiger partial charge in [-0.25, -0.2) is 8.42 Å². The van der Waals surface area contributed by atoms with Crippen LogP contribution >= 0.6 is 15.9 Å². The number of halogens is 1. The van der Waals surface area contributed by atoms with Gasteiger partial charge in [-0.3, -0.25) is 9.10 Å². The minimum atomic E-state index is -3.86. The lowest BCUT2D eigenvalue weighted by Crippen LogP contribution is -2.36. The Kier molecular flexibility index (Phi) is 5.12. The summed E-state index contributed by atoms with van der Waals surface area (Å²) in [6.07, 6.45) is 0.629. The van der Waals surface area contributed by atoms with E-state index in [2.05, 4.69) is 15.9 Å². The van der Waals surface area contributed by atoms with Gasteiger partial charge in [0.1, 0.15) is 4.90 Å². The molecule has 0 bridgehead atoms. The minimum Gasteiger partial charge on any atom is -0.308 e. The van der Waals surface area contributed by atoms with Gasteiger partial charge in [-0.1, -0.05) is 28.1 Å². The van der Waals surface area contributed by atoms with Crippen molar-refractivity contribution < 1.29 is 13.2 Å². The molecule has 5 nitrogen and oxygen atoms in total. The maximum absolute atomic E-state index is 13.6. The Morgan fingerprint density at radius 1 is 1.22 bits per heavy atom. The van der Waals surface area contributed by atoms with Crippen molar-refractivity contribution in [2.45, 2.75) is 45.1 Å². The zero-order chi connectivity index (χ0) is 20.1. The maximum Gasteiger partial charge on any atom is 0.266 e. The van der Waals surface area contributed by atoms with Crippen molar-refractivity contribution in [3.05, 3.63) is 51.5 Å². The van der Waals surface area contributed by atoms with Gasteiger partial charge in [-0.15, -0.1) is 0 Å². The molecule has 2 aromatic rings. The van der Waals surface area contributed by atoms with E-state index in [0.29, 0.717) is 22.3 Å². The summed E-state index contributed by atoms with van der Waals surface area (Å²) >= 11 is 3.43. The number of sulfonamides is 1.